The third-order valence-electron chi connectivity index (χ3n) is 4.13. The summed E-state index contributed by atoms with van der Waals surface area (Å²) in [6.45, 7) is 1.15. The van der Waals surface area contributed by atoms with E-state index in [1.807, 2.05) is 18.2 Å². The van der Waals surface area contributed by atoms with Gasteiger partial charge in [0, 0.05) is 26.2 Å². The van der Waals surface area contributed by atoms with Crippen LogP contribution in [0.1, 0.15) is 24.8 Å². The molecule has 1 fully saturated rings. The summed E-state index contributed by atoms with van der Waals surface area (Å²) in [5.74, 6) is -0.224. The summed E-state index contributed by atoms with van der Waals surface area (Å²) in [5, 5.41) is 13.3. The Morgan fingerprint density at radius 2 is 2.09 bits per heavy atom. The highest BCUT2D eigenvalue weighted by molar-refractivity contribution is 5.86. The van der Waals surface area contributed by atoms with Gasteiger partial charge in [0.1, 0.15) is 6.67 Å². The van der Waals surface area contributed by atoms with Crippen LogP contribution in [0.4, 0.5) is 4.39 Å². The SMILES string of the molecule is O=C1N(CCCc2ccccc2)CCC[C@@]1(O)CNCCF. The highest BCUT2D eigenvalue weighted by Crippen LogP contribution is 2.22. The van der Waals surface area contributed by atoms with Crippen molar-refractivity contribution in [3.63, 3.8) is 0 Å². The number of aliphatic hydroxyl groups is 1. The van der Waals surface area contributed by atoms with E-state index in [4.69, 9.17) is 0 Å². The summed E-state index contributed by atoms with van der Waals surface area (Å²) in [5.41, 5.74) is -0.119. The normalized spacial score (nSPS) is 22.1. The molecule has 0 aliphatic carbocycles. The molecule has 2 N–H and O–H groups in total. The number of halogens is 1. The Bertz CT molecular complexity index is 469. The Morgan fingerprint density at radius 1 is 1.32 bits per heavy atom. The van der Waals surface area contributed by atoms with Crippen molar-refractivity contribution in [2.45, 2.75) is 31.3 Å². The summed E-state index contributed by atoms with van der Waals surface area (Å²) in [7, 11) is 0. The molecule has 0 unspecified atom stereocenters. The van der Waals surface area contributed by atoms with Crippen molar-refractivity contribution in [2.75, 3.05) is 32.9 Å². The maximum absolute atomic E-state index is 12.4. The lowest BCUT2D eigenvalue weighted by Crippen LogP contribution is -2.58. The molecule has 1 saturated heterocycles. The molecule has 0 radical (unpaired) electrons. The van der Waals surface area contributed by atoms with Crippen molar-refractivity contribution in [1.82, 2.24) is 10.2 Å². The van der Waals surface area contributed by atoms with Crippen LogP contribution in [0, 0.1) is 0 Å². The predicted molar refractivity (Wildman–Crippen MR) is 84.4 cm³/mol. The van der Waals surface area contributed by atoms with Gasteiger partial charge in [-0.3, -0.25) is 4.79 Å². The first kappa shape index (κ1) is 16.9. The molecule has 1 amide bonds. The van der Waals surface area contributed by atoms with Gasteiger partial charge in [-0.05, 0) is 31.2 Å². The zero-order valence-electron chi connectivity index (χ0n) is 12.9. The second-order valence-electron chi connectivity index (χ2n) is 5.88. The van der Waals surface area contributed by atoms with E-state index in [0.29, 0.717) is 19.5 Å². The second-order valence-corrected chi connectivity index (χ2v) is 5.88. The lowest BCUT2D eigenvalue weighted by Gasteiger charge is -2.38. The van der Waals surface area contributed by atoms with Gasteiger partial charge >= 0.3 is 0 Å². The van der Waals surface area contributed by atoms with E-state index < -0.39 is 12.3 Å². The van der Waals surface area contributed by atoms with Gasteiger partial charge in [-0.2, -0.15) is 0 Å². The van der Waals surface area contributed by atoms with Crippen LogP contribution in [0.15, 0.2) is 30.3 Å². The third kappa shape index (κ3) is 4.52. The average Bonchev–Trinajstić information content (AvgIpc) is 2.53. The minimum Gasteiger partial charge on any atom is -0.379 e. The van der Waals surface area contributed by atoms with Crippen molar-refractivity contribution in [2.24, 2.45) is 0 Å². The van der Waals surface area contributed by atoms with Gasteiger partial charge in [0.15, 0.2) is 5.60 Å². The van der Waals surface area contributed by atoms with Crippen molar-refractivity contribution >= 4 is 5.91 Å². The van der Waals surface area contributed by atoms with Gasteiger partial charge in [-0.25, -0.2) is 4.39 Å². The Kier molecular flexibility index (Phi) is 6.34. The molecule has 1 aromatic carbocycles. The summed E-state index contributed by atoms with van der Waals surface area (Å²) in [4.78, 5) is 14.2. The van der Waals surface area contributed by atoms with Crippen LogP contribution in [0.3, 0.4) is 0 Å². The molecule has 122 valence electrons. The number of carbonyl (C=O) groups excluding carboxylic acids is 1. The van der Waals surface area contributed by atoms with Crippen LogP contribution in [-0.4, -0.2) is 54.4 Å². The molecule has 0 aromatic heterocycles. The van der Waals surface area contributed by atoms with Crippen LogP contribution in [0.25, 0.3) is 0 Å². The largest absolute Gasteiger partial charge is 0.379 e. The first-order valence-corrected chi connectivity index (χ1v) is 7.98. The van der Waals surface area contributed by atoms with Crippen LogP contribution in [-0.2, 0) is 11.2 Å². The first-order valence-electron chi connectivity index (χ1n) is 7.98. The standard InChI is InChI=1S/C17H25FN2O2/c18-10-11-19-14-17(22)9-5-13-20(16(17)21)12-4-8-15-6-2-1-3-7-15/h1-3,6-7,19,22H,4-5,8-14H2/t17-/m1/s1. The van der Waals surface area contributed by atoms with Crippen LogP contribution in [0.5, 0.6) is 0 Å². The molecule has 5 heteroatoms. The quantitative estimate of drug-likeness (QED) is 0.716. The second kappa shape index (κ2) is 8.25. The van der Waals surface area contributed by atoms with E-state index in [1.54, 1.807) is 4.90 Å². The third-order valence-corrected chi connectivity index (χ3v) is 4.13. The molecule has 0 saturated carbocycles. The smallest absolute Gasteiger partial charge is 0.255 e. The topological polar surface area (TPSA) is 52.6 Å². The van der Waals surface area contributed by atoms with E-state index >= 15 is 0 Å². The molecule has 22 heavy (non-hydrogen) atoms. The number of carbonyl (C=O) groups is 1. The molecular weight excluding hydrogens is 283 g/mol. The molecule has 1 aromatic rings. The van der Waals surface area contributed by atoms with E-state index in [1.165, 1.54) is 5.56 Å². The van der Waals surface area contributed by atoms with Gasteiger partial charge in [0.05, 0.1) is 0 Å². The van der Waals surface area contributed by atoms with Crippen LogP contribution < -0.4 is 5.32 Å². The number of hydrogen-bond acceptors (Lipinski definition) is 3. The number of alkyl halides is 1. The lowest BCUT2D eigenvalue weighted by molar-refractivity contribution is -0.156. The number of rotatable bonds is 8. The minimum absolute atomic E-state index is 0.130. The van der Waals surface area contributed by atoms with Crippen molar-refractivity contribution in [3.8, 4) is 0 Å². The Morgan fingerprint density at radius 3 is 2.82 bits per heavy atom. The van der Waals surface area contributed by atoms with Gasteiger partial charge < -0.3 is 15.3 Å². The maximum Gasteiger partial charge on any atom is 0.255 e. The van der Waals surface area contributed by atoms with E-state index in [0.717, 1.165) is 19.3 Å². The number of hydrogen-bond donors (Lipinski definition) is 2. The zero-order chi connectivity index (χ0) is 15.8. The number of benzene rings is 1. The number of aryl methyl sites for hydroxylation is 1. The van der Waals surface area contributed by atoms with Gasteiger partial charge in [-0.15, -0.1) is 0 Å². The average molecular weight is 308 g/mol. The minimum atomic E-state index is -1.37. The summed E-state index contributed by atoms with van der Waals surface area (Å²) in [6, 6.07) is 10.2. The highest BCUT2D eigenvalue weighted by Gasteiger charge is 2.41. The van der Waals surface area contributed by atoms with Gasteiger partial charge in [-0.1, -0.05) is 30.3 Å². The molecular formula is C17H25FN2O2. The van der Waals surface area contributed by atoms with Crippen molar-refractivity contribution in [3.05, 3.63) is 35.9 Å². The molecule has 1 aliphatic rings. The molecule has 4 nitrogen and oxygen atoms in total. The fraction of sp³-hybridized carbons (Fsp3) is 0.588. The number of likely N-dealkylation sites (tertiary alicyclic amines) is 1. The Hall–Kier alpha value is -1.46. The summed E-state index contributed by atoms with van der Waals surface area (Å²) < 4.78 is 12.1. The molecule has 0 spiro atoms. The molecule has 0 bridgehead atoms. The van der Waals surface area contributed by atoms with E-state index in [9.17, 15) is 14.3 Å². The fourth-order valence-corrected chi connectivity index (χ4v) is 2.92. The molecule has 1 atom stereocenters. The molecule has 2 rings (SSSR count). The summed E-state index contributed by atoms with van der Waals surface area (Å²) >= 11 is 0. The molecule has 1 aliphatic heterocycles. The lowest BCUT2D eigenvalue weighted by atomic mass is 9.91. The Balaban J connectivity index is 1.82. The van der Waals surface area contributed by atoms with Crippen molar-refractivity contribution < 1.29 is 14.3 Å². The number of nitrogens with one attached hydrogen (secondary N) is 1. The first-order chi connectivity index (χ1) is 10.7. The predicted octanol–water partition coefficient (Wildman–Crippen LogP) is 1.53. The Labute approximate surface area is 131 Å². The van der Waals surface area contributed by atoms with Crippen LogP contribution >= 0.6 is 0 Å². The maximum atomic E-state index is 12.4. The number of piperidine rings is 1. The van der Waals surface area contributed by atoms with Gasteiger partial charge in [0.25, 0.3) is 5.91 Å². The van der Waals surface area contributed by atoms with E-state index in [-0.39, 0.29) is 19.0 Å². The van der Waals surface area contributed by atoms with Gasteiger partial charge in [0.2, 0.25) is 0 Å². The monoisotopic (exact) mass is 308 g/mol. The molecule has 1 heterocycles. The number of amides is 1. The van der Waals surface area contributed by atoms with Crippen molar-refractivity contribution in [1.29, 1.82) is 0 Å². The fourth-order valence-electron chi connectivity index (χ4n) is 2.92. The highest BCUT2D eigenvalue weighted by atomic mass is 19.1. The van der Waals surface area contributed by atoms with Crippen LogP contribution in [0.2, 0.25) is 0 Å². The number of nitrogens with zero attached hydrogens (tertiary/aromatic N) is 1. The zero-order valence-corrected chi connectivity index (χ0v) is 12.9. The van der Waals surface area contributed by atoms with E-state index in [2.05, 4.69) is 17.4 Å². The summed E-state index contributed by atoms with van der Waals surface area (Å²) in [6.07, 6.45) is 3.03.